The topological polar surface area (TPSA) is 34.1 Å². The summed E-state index contributed by atoms with van der Waals surface area (Å²) in [7, 11) is 2.00. The van der Waals surface area contributed by atoms with Crippen molar-refractivity contribution >= 4 is 11.3 Å². The molecule has 2 aromatic rings. The van der Waals surface area contributed by atoms with Gasteiger partial charge in [-0.3, -0.25) is 0 Å². The number of benzene rings is 1. The maximum Gasteiger partial charge on any atom is 0.119 e. The summed E-state index contributed by atoms with van der Waals surface area (Å²) in [6.07, 6.45) is 1.94. The van der Waals surface area contributed by atoms with E-state index in [0.717, 1.165) is 30.9 Å². The van der Waals surface area contributed by atoms with Crippen LogP contribution < -0.4 is 10.1 Å². The summed E-state index contributed by atoms with van der Waals surface area (Å²) in [6.45, 7) is 4.92. The van der Waals surface area contributed by atoms with Gasteiger partial charge < -0.3 is 10.1 Å². The van der Waals surface area contributed by atoms with Gasteiger partial charge in [0.1, 0.15) is 5.75 Å². The largest absolute Gasteiger partial charge is 0.494 e. The summed E-state index contributed by atoms with van der Waals surface area (Å²) in [6, 6.07) is 10.4. The van der Waals surface area contributed by atoms with Crippen molar-refractivity contribution in [3.63, 3.8) is 0 Å². The SMILES string of the molecule is CNC(CCOc1ccccc1)Cc1nc(C)c(C)s1. The van der Waals surface area contributed by atoms with Crippen molar-refractivity contribution in [2.45, 2.75) is 32.7 Å². The van der Waals surface area contributed by atoms with E-state index in [9.17, 15) is 0 Å². The number of hydrogen-bond acceptors (Lipinski definition) is 4. The molecule has 0 amide bonds. The van der Waals surface area contributed by atoms with Crippen molar-refractivity contribution in [1.82, 2.24) is 10.3 Å². The number of para-hydroxylation sites is 1. The van der Waals surface area contributed by atoms with Gasteiger partial charge >= 0.3 is 0 Å². The lowest BCUT2D eigenvalue weighted by Crippen LogP contribution is -2.29. The average Bonchev–Trinajstić information content (AvgIpc) is 2.77. The van der Waals surface area contributed by atoms with Gasteiger partial charge in [-0.15, -0.1) is 11.3 Å². The third-order valence-corrected chi connectivity index (χ3v) is 4.48. The second kappa shape index (κ2) is 7.41. The van der Waals surface area contributed by atoms with E-state index in [1.165, 1.54) is 9.88 Å². The van der Waals surface area contributed by atoms with Crippen molar-refractivity contribution < 1.29 is 4.74 Å². The van der Waals surface area contributed by atoms with Gasteiger partial charge in [0.2, 0.25) is 0 Å². The van der Waals surface area contributed by atoms with Gasteiger partial charge in [-0.1, -0.05) is 18.2 Å². The first-order chi connectivity index (χ1) is 9.69. The molecule has 1 unspecified atom stereocenters. The molecule has 1 heterocycles. The maximum atomic E-state index is 5.75. The van der Waals surface area contributed by atoms with Crippen LogP contribution in [-0.4, -0.2) is 24.7 Å². The highest BCUT2D eigenvalue weighted by Gasteiger charge is 2.11. The smallest absolute Gasteiger partial charge is 0.119 e. The van der Waals surface area contributed by atoms with Crippen LogP contribution in [0.3, 0.4) is 0 Å². The van der Waals surface area contributed by atoms with Crippen LogP contribution in [0.4, 0.5) is 0 Å². The van der Waals surface area contributed by atoms with Crippen LogP contribution in [0.2, 0.25) is 0 Å². The van der Waals surface area contributed by atoms with E-state index in [1.54, 1.807) is 11.3 Å². The maximum absolute atomic E-state index is 5.75. The fourth-order valence-electron chi connectivity index (χ4n) is 2.02. The summed E-state index contributed by atoms with van der Waals surface area (Å²) in [5.74, 6) is 0.934. The molecule has 1 aromatic heterocycles. The molecule has 1 aromatic carbocycles. The molecular weight excluding hydrogens is 268 g/mol. The Balaban J connectivity index is 1.80. The van der Waals surface area contributed by atoms with E-state index >= 15 is 0 Å². The number of thiazole rings is 1. The number of nitrogens with one attached hydrogen (secondary N) is 1. The lowest BCUT2D eigenvalue weighted by Gasteiger charge is -2.15. The average molecular weight is 290 g/mol. The molecule has 2 rings (SSSR count). The first-order valence-electron chi connectivity index (χ1n) is 6.97. The molecule has 1 N–H and O–H groups in total. The van der Waals surface area contributed by atoms with E-state index in [-0.39, 0.29) is 0 Å². The molecule has 0 spiro atoms. The Labute approximate surface area is 125 Å². The van der Waals surface area contributed by atoms with Crippen molar-refractivity contribution in [2.24, 2.45) is 0 Å². The molecule has 0 radical (unpaired) electrons. The molecule has 108 valence electrons. The summed E-state index contributed by atoms with van der Waals surface area (Å²) < 4.78 is 5.75. The van der Waals surface area contributed by atoms with Crippen LogP contribution >= 0.6 is 11.3 Å². The monoisotopic (exact) mass is 290 g/mol. The third-order valence-electron chi connectivity index (χ3n) is 3.38. The molecule has 1 atom stereocenters. The van der Waals surface area contributed by atoms with E-state index in [2.05, 4.69) is 24.1 Å². The number of aryl methyl sites for hydroxylation is 2. The first kappa shape index (κ1) is 15.0. The second-order valence-electron chi connectivity index (χ2n) is 4.89. The summed E-state index contributed by atoms with van der Waals surface area (Å²) >= 11 is 1.80. The van der Waals surface area contributed by atoms with Gasteiger partial charge in [-0.2, -0.15) is 0 Å². The van der Waals surface area contributed by atoms with Gasteiger partial charge in [0.15, 0.2) is 0 Å². The second-order valence-corrected chi connectivity index (χ2v) is 6.18. The van der Waals surface area contributed by atoms with E-state index in [1.807, 2.05) is 37.4 Å². The van der Waals surface area contributed by atoms with Gasteiger partial charge in [0, 0.05) is 17.3 Å². The third kappa shape index (κ3) is 4.32. The zero-order valence-corrected chi connectivity index (χ0v) is 13.2. The molecule has 3 nitrogen and oxygen atoms in total. The van der Waals surface area contributed by atoms with Crippen molar-refractivity contribution in [3.8, 4) is 5.75 Å². The van der Waals surface area contributed by atoms with Crippen LogP contribution in [0.1, 0.15) is 22.0 Å². The molecule has 0 aliphatic rings. The minimum atomic E-state index is 0.406. The minimum Gasteiger partial charge on any atom is -0.494 e. The summed E-state index contributed by atoms with van der Waals surface area (Å²) in [5, 5.41) is 4.56. The van der Waals surface area contributed by atoms with E-state index in [4.69, 9.17) is 4.74 Å². The van der Waals surface area contributed by atoms with E-state index < -0.39 is 0 Å². The highest BCUT2D eigenvalue weighted by atomic mass is 32.1. The van der Waals surface area contributed by atoms with Crippen molar-refractivity contribution in [2.75, 3.05) is 13.7 Å². The summed E-state index contributed by atoms with van der Waals surface area (Å²) in [5.41, 5.74) is 1.15. The van der Waals surface area contributed by atoms with Gasteiger partial charge in [-0.25, -0.2) is 4.98 Å². The van der Waals surface area contributed by atoms with Crippen molar-refractivity contribution in [1.29, 1.82) is 0 Å². The lowest BCUT2D eigenvalue weighted by molar-refractivity contribution is 0.288. The Morgan fingerprint density at radius 2 is 2.00 bits per heavy atom. The quantitative estimate of drug-likeness (QED) is 0.849. The number of likely N-dealkylation sites (N-methyl/N-ethyl adjacent to an activating group) is 1. The Bertz CT molecular complexity index is 505. The van der Waals surface area contributed by atoms with Crippen molar-refractivity contribution in [3.05, 3.63) is 45.9 Å². The predicted molar refractivity (Wildman–Crippen MR) is 84.7 cm³/mol. The Morgan fingerprint density at radius 3 is 2.60 bits per heavy atom. The molecule has 0 aliphatic heterocycles. The predicted octanol–water partition coefficient (Wildman–Crippen LogP) is 3.36. The molecule has 0 fully saturated rings. The van der Waals surface area contributed by atoms with Crippen LogP contribution in [0.25, 0.3) is 0 Å². The lowest BCUT2D eigenvalue weighted by atomic mass is 10.1. The molecule has 20 heavy (non-hydrogen) atoms. The van der Waals surface area contributed by atoms with E-state index in [0.29, 0.717) is 6.04 Å². The number of ether oxygens (including phenoxy) is 1. The zero-order valence-electron chi connectivity index (χ0n) is 12.3. The van der Waals surface area contributed by atoms with Gasteiger partial charge in [0.25, 0.3) is 0 Å². The number of nitrogens with zero attached hydrogens (tertiary/aromatic N) is 1. The summed E-state index contributed by atoms with van der Waals surface area (Å²) in [4.78, 5) is 5.92. The van der Waals surface area contributed by atoms with Crippen LogP contribution in [0.15, 0.2) is 30.3 Å². The normalized spacial score (nSPS) is 12.3. The number of rotatable bonds is 7. The first-order valence-corrected chi connectivity index (χ1v) is 7.78. The Kier molecular flexibility index (Phi) is 5.56. The molecule has 0 bridgehead atoms. The van der Waals surface area contributed by atoms with Gasteiger partial charge in [0.05, 0.1) is 17.3 Å². The van der Waals surface area contributed by atoms with Crippen LogP contribution in [0, 0.1) is 13.8 Å². The number of aromatic nitrogens is 1. The van der Waals surface area contributed by atoms with Crippen LogP contribution in [0.5, 0.6) is 5.75 Å². The number of hydrogen-bond donors (Lipinski definition) is 1. The molecular formula is C16H22N2OS. The molecule has 0 saturated heterocycles. The highest BCUT2D eigenvalue weighted by Crippen LogP contribution is 2.18. The highest BCUT2D eigenvalue weighted by molar-refractivity contribution is 7.11. The molecule has 4 heteroatoms. The Hall–Kier alpha value is -1.39. The molecule has 0 saturated carbocycles. The van der Waals surface area contributed by atoms with Crippen LogP contribution in [-0.2, 0) is 6.42 Å². The minimum absolute atomic E-state index is 0.406. The Morgan fingerprint density at radius 1 is 1.25 bits per heavy atom. The van der Waals surface area contributed by atoms with Gasteiger partial charge in [-0.05, 0) is 39.4 Å². The fraction of sp³-hybridized carbons (Fsp3) is 0.438. The fourth-order valence-corrected chi connectivity index (χ4v) is 3.04. The molecule has 0 aliphatic carbocycles. The standard InChI is InChI=1S/C16H22N2OS/c1-12-13(2)20-16(18-12)11-14(17-3)9-10-19-15-7-5-4-6-8-15/h4-8,14,17H,9-11H2,1-3H3. The zero-order chi connectivity index (χ0) is 14.4.